The summed E-state index contributed by atoms with van der Waals surface area (Å²) >= 11 is 0. The van der Waals surface area contributed by atoms with Crippen molar-refractivity contribution < 1.29 is 19.0 Å². The Balaban J connectivity index is 1.88. The number of nitrogens with two attached hydrogens (primary N) is 1. The van der Waals surface area contributed by atoms with Crippen LogP contribution >= 0.6 is 0 Å². The van der Waals surface area contributed by atoms with Crippen LogP contribution in [0.1, 0.15) is 57.7 Å². The Morgan fingerprint density at radius 3 is 2.43 bits per heavy atom. The van der Waals surface area contributed by atoms with Crippen LogP contribution in [-0.2, 0) is 16.0 Å². The summed E-state index contributed by atoms with van der Waals surface area (Å²) in [6, 6.07) is 3.84. The zero-order valence-corrected chi connectivity index (χ0v) is 19.3. The van der Waals surface area contributed by atoms with E-state index in [4.69, 9.17) is 19.9 Å². The highest BCUT2D eigenvalue weighted by atomic mass is 16.5. The lowest BCUT2D eigenvalue weighted by atomic mass is 9.79. The summed E-state index contributed by atoms with van der Waals surface area (Å²) in [6.45, 7) is 10.3. The van der Waals surface area contributed by atoms with E-state index in [-0.39, 0.29) is 24.0 Å². The Kier molecular flexibility index (Phi) is 7.30. The van der Waals surface area contributed by atoms with E-state index < -0.39 is 6.04 Å². The normalized spacial score (nSPS) is 24.9. The molecule has 1 fully saturated rings. The van der Waals surface area contributed by atoms with E-state index in [9.17, 15) is 4.79 Å². The van der Waals surface area contributed by atoms with Gasteiger partial charge in [0, 0.05) is 31.5 Å². The van der Waals surface area contributed by atoms with Crippen molar-refractivity contribution in [1.29, 1.82) is 0 Å². The number of nitrogens with zero attached hydrogens (tertiary/aromatic N) is 1. The van der Waals surface area contributed by atoms with E-state index >= 15 is 0 Å². The molecule has 0 radical (unpaired) electrons. The average Bonchev–Trinajstić information content (AvgIpc) is 2.71. The molecule has 0 amide bonds. The second kappa shape index (κ2) is 9.56. The number of esters is 1. The highest BCUT2D eigenvalue weighted by Gasteiger charge is 2.41. The lowest BCUT2D eigenvalue weighted by molar-refractivity contribution is -0.160. The smallest absolute Gasteiger partial charge is 0.323 e. The van der Waals surface area contributed by atoms with Gasteiger partial charge in [0.1, 0.15) is 12.1 Å². The SMILES string of the molecule is COc1cc2c(cc1OC)[C@H]1CC(OC(=O)[C@@H](N)C(C)C)[C@H](CC(C)C)CN1CC2. The monoisotopic (exact) mass is 418 g/mol. The maximum absolute atomic E-state index is 12.7. The largest absolute Gasteiger partial charge is 0.493 e. The predicted octanol–water partition coefficient (Wildman–Crippen LogP) is 3.56. The lowest BCUT2D eigenvalue weighted by Gasteiger charge is -2.47. The van der Waals surface area contributed by atoms with Crippen LogP contribution in [0.15, 0.2) is 12.1 Å². The van der Waals surface area contributed by atoms with Gasteiger partial charge in [-0.2, -0.15) is 0 Å². The third-order valence-electron chi connectivity index (χ3n) is 6.60. The van der Waals surface area contributed by atoms with E-state index in [1.807, 2.05) is 13.8 Å². The maximum Gasteiger partial charge on any atom is 0.323 e. The second-order valence-electron chi connectivity index (χ2n) is 9.54. The van der Waals surface area contributed by atoms with Crippen LogP contribution in [0.3, 0.4) is 0 Å². The van der Waals surface area contributed by atoms with E-state index in [1.54, 1.807) is 14.2 Å². The Hall–Kier alpha value is -1.79. The molecule has 3 rings (SSSR count). The average molecular weight is 419 g/mol. The Morgan fingerprint density at radius 2 is 1.83 bits per heavy atom. The molecular formula is C24H38N2O4. The molecule has 6 nitrogen and oxygen atoms in total. The van der Waals surface area contributed by atoms with Crippen LogP contribution in [0, 0.1) is 17.8 Å². The first-order valence-electron chi connectivity index (χ1n) is 11.2. The molecule has 2 N–H and O–H groups in total. The molecule has 2 aliphatic heterocycles. The lowest BCUT2D eigenvalue weighted by Crippen LogP contribution is -2.51. The highest BCUT2D eigenvalue weighted by molar-refractivity contribution is 5.76. The fourth-order valence-electron chi connectivity index (χ4n) is 4.88. The third-order valence-corrected chi connectivity index (χ3v) is 6.60. The van der Waals surface area contributed by atoms with Crippen LogP contribution in [0.5, 0.6) is 11.5 Å². The van der Waals surface area contributed by atoms with Gasteiger partial charge < -0.3 is 19.9 Å². The summed E-state index contributed by atoms with van der Waals surface area (Å²) in [5.41, 5.74) is 8.64. The van der Waals surface area contributed by atoms with Crippen LogP contribution in [0.2, 0.25) is 0 Å². The number of piperidine rings is 1. The number of hydrogen-bond acceptors (Lipinski definition) is 6. The summed E-state index contributed by atoms with van der Waals surface area (Å²) in [5, 5.41) is 0. The summed E-state index contributed by atoms with van der Waals surface area (Å²) in [4.78, 5) is 15.2. The van der Waals surface area contributed by atoms with Crippen LogP contribution in [0.25, 0.3) is 0 Å². The van der Waals surface area contributed by atoms with Crippen LogP contribution < -0.4 is 15.2 Å². The van der Waals surface area contributed by atoms with E-state index in [0.717, 1.165) is 43.9 Å². The van der Waals surface area contributed by atoms with Crippen molar-refractivity contribution in [3.05, 3.63) is 23.3 Å². The van der Waals surface area contributed by atoms with Gasteiger partial charge in [0.2, 0.25) is 0 Å². The van der Waals surface area contributed by atoms with Gasteiger partial charge in [-0.15, -0.1) is 0 Å². The van der Waals surface area contributed by atoms with E-state index in [1.165, 1.54) is 11.1 Å². The fraction of sp³-hybridized carbons (Fsp3) is 0.708. The third kappa shape index (κ3) is 4.75. The van der Waals surface area contributed by atoms with Gasteiger partial charge in [0.25, 0.3) is 0 Å². The Labute approximate surface area is 181 Å². The molecule has 2 aliphatic rings. The van der Waals surface area contributed by atoms with Gasteiger partial charge in [0.05, 0.1) is 14.2 Å². The molecule has 2 heterocycles. The van der Waals surface area contributed by atoms with Crippen molar-refractivity contribution in [1.82, 2.24) is 4.90 Å². The Bertz CT molecular complexity index is 749. The zero-order chi connectivity index (χ0) is 22.0. The molecule has 30 heavy (non-hydrogen) atoms. The van der Waals surface area contributed by atoms with Crippen molar-refractivity contribution in [3.8, 4) is 11.5 Å². The Morgan fingerprint density at radius 1 is 1.17 bits per heavy atom. The topological polar surface area (TPSA) is 74.0 Å². The molecule has 1 aromatic carbocycles. The van der Waals surface area contributed by atoms with Gasteiger partial charge in [-0.05, 0) is 47.9 Å². The molecule has 0 spiro atoms. The minimum absolute atomic E-state index is 0.0632. The predicted molar refractivity (Wildman–Crippen MR) is 118 cm³/mol. The minimum atomic E-state index is -0.578. The minimum Gasteiger partial charge on any atom is -0.493 e. The standard InChI is InChI=1S/C24H38N2O4/c1-14(2)9-17-13-26-8-7-16-10-21(28-5)22(29-6)11-18(16)19(26)12-20(17)30-24(27)23(25)15(3)4/h10-11,14-15,17,19-20,23H,7-9,12-13,25H2,1-6H3/t17-,19-,20?,23+/m1/s1. The van der Waals surface area contributed by atoms with Gasteiger partial charge >= 0.3 is 5.97 Å². The zero-order valence-electron chi connectivity index (χ0n) is 19.3. The molecule has 0 aliphatic carbocycles. The van der Waals surface area contributed by atoms with Gasteiger partial charge in [-0.25, -0.2) is 0 Å². The van der Waals surface area contributed by atoms with Gasteiger partial charge in [0.15, 0.2) is 11.5 Å². The molecule has 0 bridgehead atoms. The first-order chi connectivity index (χ1) is 14.2. The molecule has 0 aromatic heterocycles. The number of carbonyl (C=O) groups is 1. The maximum atomic E-state index is 12.7. The molecule has 6 heteroatoms. The number of ether oxygens (including phenoxy) is 3. The molecule has 168 valence electrons. The van der Waals surface area contributed by atoms with E-state index in [0.29, 0.717) is 11.8 Å². The fourth-order valence-corrected chi connectivity index (χ4v) is 4.88. The summed E-state index contributed by atoms with van der Waals surface area (Å²) in [6.07, 6.45) is 2.70. The summed E-state index contributed by atoms with van der Waals surface area (Å²) in [5.74, 6) is 2.18. The van der Waals surface area contributed by atoms with E-state index in [2.05, 4.69) is 30.9 Å². The second-order valence-corrected chi connectivity index (χ2v) is 9.54. The first kappa shape index (κ1) is 22.9. The van der Waals surface area contributed by atoms with Gasteiger partial charge in [-0.1, -0.05) is 27.7 Å². The number of fused-ring (bicyclic) bond motifs is 3. The van der Waals surface area contributed by atoms with Gasteiger partial charge in [-0.3, -0.25) is 9.69 Å². The number of carbonyl (C=O) groups excluding carboxylic acids is 1. The summed E-state index contributed by atoms with van der Waals surface area (Å²) < 4.78 is 17.1. The number of rotatable bonds is 7. The number of benzene rings is 1. The van der Waals surface area contributed by atoms with Crippen molar-refractivity contribution in [3.63, 3.8) is 0 Å². The van der Waals surface area contributed by atoms with Crippen LogP contribution in [-0.4, -0.2) is 50.3 Å². The molecule has 0 saturated carbocycles. The van der Waals surface area contributed by atoms with Crippen molar-refractivity contribution >= 4 is 5.97 Å². The molecular weight excluding hydrogens is 380 g/mol. The molecule has 1 saturated heterocycles. The van der Waals surface area contributed by atoms with Crippen molar-refractivity contribution in [2.45, 2.75) is 65.1 Å². The molecule has 4 atom stereocenters. The number of methoxy groups -OCH3 is 2. The van der Waals surface area contributed by atoms with Crippen LogP contribution in [0.4, 0.5) is 0 Å². The molecule has 1 aromatic rings. The van der Waals surface area contributed by atoms with Crippen molar-refractivity contribution in [2.75, 3.05) is 27.3 Å². The molecule has 1 unspecified atom stereocenters. The number of hydrogen-bond donors (Lipinski definition) is 1. The highest BCUT2D eigenvalue weighted by Crippen LogP contribution is 2.44. The quantitative estimate of drug-likeness (QED) is 0.683. The van der Waals surface area contributed by atoms with Crippen molar-refractivity contribution in [2.24, 2.45) is 23.5 Å². The first-order valence-corrected chi connectivity index (χ1v) is 11.2. The summed E-state index contributed by atoms with van der Waals surface area (Å²) in [7, 11) is 3.34.